The SMILES string of the molecule is O=C(Nc1ccc2c(c1)CNCC2)Nc1ncc(CCNc2ncnc3ccsc23)s1. The summed E-state index contributed by atoms with van der Waals surface area (Å²) < 4.78 is 1.06. The Balaban J connectivity index is 1.13. The van der Waals surface area contributed by atoms with E-state index in [4.69, 9.17) is 0 Å². The van der Waals surface area contributed by atoms with Gasteiger partial charge in [0.15, 0.2) is 5.13 Å². The van der Waals surface area contributed by atoms with Crippen molar-refractivity contribution in [1.29, 1.82) is 0 Å². The number of nitrogens with one attached hydrogen (secondary N) is 4. The number of thiophene rings is 1. The predicted molar refractivity (Wildman–Crippen MR) is 126 cm³/mol. The second-order valence-corrected chi connectivity index (χ2v) is 9.19. The maximum Gasteiger partial charge on any atom is 0.325 e. The molecule has 1 aromatic carbocycles. The molecule has 0 spiro atoms. The predicted octanol–water partition coefficient (Wildman–Crippen LogP) is 4.09. The van der Waals surface area contributed by atoms with Crippen LogP contribution in [-0.2, 0) is 19.4 Å². The number of carbonyl (C=O) groups excluding carboxylic acids is 1. The highest BCUT2D eigenvalue weighted by Crippen LogP contribution is 2.25. The number of anilines is 3. The Morgan fingerprint density at radius 3 is 3.06 bits per heavy atom. The summed E-state index contributed by atoms with van der Waals surface area (Å²) >= 11 is 3.10. The highest BCUT2D eigenvalue weighted by atomic mass is 32.1. The first kappa shape index (κ1) is 19.9. The lowest BCUT2D eigenvalue weighted by Gasteiger charge is -2.18. The van der Waals surface area contributed by atoms with E-state index in [-0.39, 0.29) is 6.03 Å². The molecule has 0 aliphatic carbocycles. The number of benzene rings is 1. The fraction of sp³-hybridized carbons (Fsp3) is 0.238. The molecule has 0 atom stereocenters. The molecule has 4 heterocycles. The van der Waals surface area contributed by atoms with Crippen molar-refractivity contribution in [2.24, 2.45) is 0 Å². The number of thiazole rings is 1. The van der Waals surface area contributed by atoms with Crippen LogP contribution in [-0.4, -0.2) is 34.1 Å². The van der Waals surface area contributed by atoms with Gasteiger partial charge in [0.25, 0.3) is 0 Å². The third-order valence-electron chi connectivity index (χ3n) is 5.03. The topological polar surface area (TPSA) is 104 Å². The molecule has 0 saturated carbocycles. The van der Waals surface area contributed by atoms with Gasteiger partial charge in [-0.25, -0.2) is 19.7 Å². The van der Waals surface area contributed by atoms with Gasteiger partial charge >= 0.3 is 6.03 Å². The lowest BCUT2D eigenvalue weighted by atomic mass is 10.0. The molecule has 3 aromatic heterocycles. The molecular weight excluding hydrogens is 430 g/mol. The van der Waals surface area contributed by atoms with Crippen molar-refractivity contribution in [3.8, 4) is 0 Å². The van der Waals surface area contributed by atoms with E-state index in [1.54, 1.807) is 23.9 Å². The first-order chi connectivity index (χ1) is 15.2. The van der Waals surface area contributed by atoms with Crippen molar-refractivity contribution in [2.45, 2.75) is 19.4 Å². The molecule has 4 aromatic rings. The summed E-state index contributed by atoms with van der Waals surface area (Å²) in [5, 5.41) is 15.0. The van der Waals surface area contributed by atoms with Crippen LogP contribution in [0.25, 0.3) is 10.2 Å². The Morgan fingerprint density at radius 2 is 2.10 bits per heavy atom. The van der Waals surface area contributed by atoms with Gasteiger partial charge in [-0.2, -0.15) is 0 Å². The summed E-state index contributed by atoms with van der Waals surface area (Å²) in [7, 11) is 0. The average Bonchev–Trinajstić information content (AvgIpc) is 3.43. The monoisotopic (exact) mass is 451 g/mol. The molecule has 0 radical (unpaired) electrons. The van der Waals surface area contributed by atoms with E-state index in [0.717, 1.165) is 59.1 Å². The van der Waals surface area contributed by atoms with Gasteiger partial charge in [-0.1, -0.05) is 6.07 Å². The number of fused-ring (bicyclic) bond motifs is 2. The van der Waals surface area contributed by atoms with E-state index >= 15 is 0 Å². The highest BCUT2D eigenvalue weighted by molar-refractivity contribution is 7.17. The quantitative estimate of drug-likeness (QED) is 0.352. The molecule has 0 saturated heterocycles. The molecule has 5 rings (SSSR count). The number of hydrogen-bond donors (Lipinski definition) is 4. The van der Waals surface area contributed by atoms with E-state index in [2.05, 4.69) is 42.3 Å². The fourth-order valence-corrected chi connectivity index (χ4v) is 5.14. The maximum absolute atomic E-state index is 12.4. The van der Waals surface area contributed by atoms with Crippen molar-refractivity contribution in [2.75, 3.05) is 29.0 Å². The van der Waals surface area contributed by atoms with E-state index in [1.165, 1.54) is 22.5 Å². The minimum absolute atomic E-state index is 0.288. The Labute approximate surface area is 187 Å². The van der Waals surface area contributed by atoms with Crippen molar-refractivity contribution >= 4 is 55.6 Å². The first-order valence-electron chi connectivity index (χ1n) is 10.0. The van der Waals surface area contributed by atoms with Crippen molar-refractivity contribution in [1.82, 2.24) is 20.3 Å². The van der Waals surface area contributed by atoms with Gasteiger partial charge in [-0.05, 0) is 47.7 Å². The van der Waals surface area contributed by atoms with Gasteiger partial charge < -0.3 is 16.0 Å². The Morgan fingerprint density at radius 1 is 1.13 bits per heavy atom. The lowest BCUT2D eigenvalue weighted by molar-refractivity contribution is 0.262. The Kier molecular flexibility index (Phi) is 5.74. The zero-order valence-electron chi connectivity index (χ0n) is 16.6. The second kappa shape index (κ2) is 8.96. The number of carbonyl (C=O) groups is 1. The van der Waals surface area contributed by atoms with E-state index in [0.29, 0.717) is 5.13 Å². The van der Waals surface area contributed by atoms with Crippen LogP contribution in [0.15, 0.2) is 42.2 Å². The van der Waals surface area contributed by atoms with Crippen LogP contribution >= 0.6 is 22.7 Å². The highest BCUT2D eigenvalue weighted by Gasteiger charge is 2.11. The number of hydrogen-bond acceptors (Lipinski definition) is 8. The van der Waals surface area contributed by atoms with Gasteiger partial charge in [0.1, 0.15) is 12.1 Å². The molecule has 8 nitrogen and oxygen atoms in total. The minimum Gasteiger partial charge on any atom is -0.368 e. The summed E-state index contributed by atoms with van der Waals surface area (Å²) in [5.74, 6) is 0.850. The molecule has 10 heteroatoms. The van der Waals surface area contributed by atoms with Crippen molar-refractivity contribution < 1.29 is 4.79 Å². The molecule has 1 aliphatic rings. The van der Waals surface area contributed by atoms with Gasteiger partial charge in [-0.15, -0.1) is 22.7 Å². The van der Waals surface area contributed by atoms with Gasteiger partial charge in [0.2, 0.25) is 0 Å². The average molecular weight is 452 g/mol. The first-order valence-corrected chi connectivity index (χ1v) is 11.7. The molecule has 0 fully saturated rings. The third-order valence-corrected chi connectivity index (χ3v) is 6.91. The Hall–Kier alpha value is -3.08. The Bertz CT molecular complexity index is 1220. The molecule has 0 unspecified atom stereocenters. The molecular formula is C21H21N7OS2. The molecule has 1 aliphatic heterocycles. The van der Waals surface area contributed by atoms with Gasteiger partial charge in [0.05, 0.1) is 10.2 Å². The van der Waals surface area contributed by atoms with Crippen LogP contribution in [0, 0.1) is 0 Å². The van der Waals surface area contributed by atoms with E-state index < -0.39 is 0 Å². The maximum atomic E-state index is 12.4. The number of amides is 2. The second-order valence-electron chi connectivity index (χ2n) is 7.16. The van der Waals surface area contributed by atoms with Crippen LogP contribution in [0.4, 0.5) is 21.4 Å². The summed E-state index contributed by atoms with van der Waals surface area (Å²) in [6, 6.07) is 7.75. The van der Waals surface area contributed by atoms with Crippen LogP contribution in [0.1, 0.15) is 16.0 Å². The third kappa shape index (κ3) is 4.66. The zero-order chi connectivity index (χ0) is 21.0. The largest absolute Gasteiger partial charge is 0.368 e. The van der Waals surface area contributed by atoms with Gasteiger partial charge in [-0.3, -0.25) is 5.32 Å². The summed E-state index contributed by atoms with van der Waals surface area (Å²) in [4.78, 5) is 26.3. The van der Waals surface area contributed by atoms with Crippen LogP contribution in [0.5, 0.6) is 0 Å². The molecule has 2 amide bonds. The standard InChI is InChI=1S/C21H21N7OS2/c29-20(27-15-2-1-13-3-6-22-10-14(13)9-15)28-21-24-11-16(31-21)4-7-23-19-18-17(5-8-30-18)25-12-26-19/h1-2,5,8-9,11-12,22H,3-4,6-7,10H2,(H,23,25,26)(H2,24,27,28,29). The smallest absolute Gasteiger partial charge is 0.325 e. The lowest BCUT2D eigenvalue weighted by Crippen LogP contribution is -2.24. The fourth-order valence-electron chi connectivity index (χ4n) is 3.52. The van der Waals surface area contributed by atoms with Crippen LogP contribution in [0.2, 0.25) is 0 Å². The van der Waals surface area contributed by atoms with Gasteiger partial charge in [0, 0.05) is 36.3 Å². The summed E-state index contributed by atoms with van der Waals surface area (Å²) in [5.41, 5.74) is 4.31. The zero-order valence-corrected chi connectivity index (χ0v) is 18.3. The summed E-state index contributed by atoms with van der Waals surface area (Å²) in [6.07, 6.45) is 5.18. The molecule has 158 valence electrons. The van der Waals surface area contributed by atoms with Crippen molar-refractivity contribution in [3.05, 3.63) is 58.2 Å². The summed E-state index contributed by atoms with van der Waals surface area (Å²) in [6.45, 7) is 2.56. The number of aromatic nitrogens is 3. The van der Waals surface area contributed by atoms with Crippen LogP contribution in [0.3, 0.4) is 0 Å². The minimum atomic E-state index is -0.288. The van der Waals surface area contributed by atoms with Crippen molar-refractivity contribution in [3.63, 3.8) is 0 Å². The van der Waals surface area contributed by atoms with Crippen LogP contribution < -0.4 is 21.3 Å². The normalized spacial score (nSPS) is 13.0. The number of nitrogens with zero attached hydrogens (tertiary/aromatic N) is 3. The molecule has 0 bridgehead atoms. The number of rotatable bonds is 6. The number of urea groups is 1. The molecule has 4 N–H and O–H groups in total. The van der Waals surface area contributed by atoms with E-state index in [1.807, 2.05) is 23.6 Å². The molecule has 31 heavy (non-hydrogen) atoms. The van der Waals surface area contributed by atoms with E-state index in [9.17, 15) is 4.79 Å².